The van der Waals surface area contributed by atoms with Crippen LogP contribution in [-0.2, 0) is 17.9 Å². The Morgan fingerprint density at radius 2 is 2.15 bits per heavy atom. The van der Waals surface area contributed by atoms with Crippen molar-refractivity contribution in [1.29, 1.82) is 0 Å². The van der Waals surface area contributed by atoms with Gasteiger partial charge in [-0.3, -0.25) is 0 Å². The number of rotatable bonds is 9. The number of aliphatic imine (C=N–C) groups is 1. The van der Waals surface area contributed by atoms with Gasteiger partial charge in [0.1, 0.15) is 12.2 Å². The molecule has 0 aliphatic heterocycles. The number of fused-ring (bicyclic) bond motifs is 3. The van der Waals surface area contributed by atoms with Crippen molar-refractivity contribution >= 4 is 63.4 Å². The topological polar surface area (TPSA) is 84.2 Å². The molecular formula is C29H31N7OS2. The number of H-pyrrole nitrogens is 1. The quantitative estimate of drug-likeness (QED) is 0.127. The molecule has 0 saturated heterocycles. The third kappa shape index (κ3) is 5.24. The summed E-state index contributed by atoms with van der Waals surface area (Å²) in [7, 11) is 3.85. The molecule has 8 nitrogen and oxygen atoms in total. The maximum absolute atomic E-state index is 5.96. The molecule has 0 amide bonds. The minimum absolute atomic E-state index is 0.423. The zero-order valence-corrected chi connectivity index (χ0v) is 24.1. The van der Waals surface area contributed by atoms with Crippen molar-refractivity contribution < 1.29 is 4.74 Å². The molecule has 1 aliphatic rings. The molecule has 0 bridgehead atoms. The van der Waals surface area contributed by atoms with Crippen molar-refractivity contribution in [2.24, 2.45) is 10.9 Å². The Morgan fingerprint density at radius 3 is 3.00 bits per heavy atom. The lowest BCUT2D eigenvalue weighted by Crippen LogP contribution is -2.07. The van der Waals surface area contributed by atoms with Crippen LogP contribution in [-0.4, -0.2) is 68.7 Å². The Kier molecular flexibility index (Phi) is 7.24. The second-order valence-corrected chi connectivity index (χ2v) is 12.1. The first-order valence-corrected chi connectivity index (χ1v) is 15.1. The van der Waals surface area contributed by atoms with Crippen LogP contribution in [0, 0.1) is 5.92 Å². The Labute approximate surface area is 235 Å². The van der Waals surface area contributed by atoms with Crippen molar-refractivity contribution in [1.82, 2.24) is 29.6 Å². The lowest BCUT2D eigenvalue weighted by molar-refractivity contribution is 0.0844. The predicted molar refractivity (Wildman–Crippen MR) is 164 cm³/mol. The van der Waals surface area contributed by atoms with E-state index in [1.54, 1.807) is 24.3 Å². The van der Waals surface area contributed by atoms with Gasteiger partial charge in [0, 0.05) is 52.3 Å². The van der Waals surface area contributed by atoms with Gasteiger partial charge in [-0.15, -0.1) is 11.3 Å². The Bertz CT molecular complexity index is 1690. The monoisotopic (exact) mass is 557 g/mol. The zero-order chi connectivity index (χ0) is 26.9. The third-order valence-electron chi connectivity index (χ3n) is 6.72. The number of nitrogens with one attached hydrogen (secondary N) is 1. The second kappa shape index (κ2) is 11.0. The van der Waals surface area contributed by atoms with E-state index in [0.29, 0.717) is 25.2 Å². The van der Waals surface area contributed by atoms with Gasteiger partial charge in [0.25, 0.3) is 5.95 Å². The lowest BCUT2D eigenvalue weighted by atomic mass is 9.96. The van der Waals surface area contributed by atoms with Gasteiger partial charge < -0.3 is 14.6 Å². The number of aromatic nitrogens is 5. The number of aromatic amines is 1. The first-order valence-electron chi connectivity index (χ1n) is 12.9. The van der Waals surface area contributed by atoms with Crippen LogP contribution in [0.4, 0.5) is 5.95 Å². The van der Waals surface area contributed by atoms with E-state index >= 15 is 0 Å². The van der Waals surface area contributed by atoms with Crippen molar-refractivity contribution in [3.8, 4) is 21.6 Å². The fourth-order valence-electron chi connectivity index (χ4n) is 4.82. The Morgan fingerprint density at radius 1 is 1.26 bits per heavy atom. The van der Waals surface area contributed by atoms with Crippen LogP contribution < -0.4 is 0 Å². The van der Waals surface area contributed by atoms with E-state index in [-0.39, 0.29) is 0 Å². The van der Waals surface area contributed by atoms with Gasteiger partial charge in [0.05, 0.1) is 36.4 Å². The summed E-state index contributed by atoms with van der Waals surface area (Å²) in [4.78, 5) is 21.4. The third-order valence-corrected chi connectivity index (χ3v) is 8.50. The molecule has 6 rings (SSSR count). The van der Waals surface area contributed by atoms with Crippen molar-refractivity contribution in [3.05, 3.63) is 53.3 Å². The number of ether oxygens (including phenoxy) is 1. The molecule has 10 heteroatoms. The van der Waals surface area contributed by atoms with E-state index in [4.69, 9.17) is 14.8 Å². The summed E-state index contributed by atoms with van der Waals surface area (Å²) in [6, 6.07) is 6.77. The highest BCUT2D eigenvalue weighted by Gasteiger charge is 2.20. The molecule has 1 atom stereocenters. The number of allylic oxidation sites excluding steroid dienone is 1. The molecule has 1 N–H and O–H groups in total. The summed E-state index contributed by atoms with van der Waals surface area (Å²) in [5, 5.41) is 5.80. The smallest absolute Gasteiger partial charge is 0.251 e. The largest absolute Gasteiger partial charge is 0.369 e. The van der Waals surface area contributed by atoms with Crippen LogP contribution in [0.25, 0.3) is 49.6 Å². The van der Waals surface area contributed by atoms with Crippen LogP contribution in [0.2, 0.25) is 0 Å². The molecule has 1 aromatic carbocycles. The molecule has 0 saturated carbocycles. The standard InChI is InChI=1S/C29H31N7OS2/c1-18-5-6-19-12-26(39-25(19)9-18)22-11-20(10-21-13-33-36(28(21)22)17-37-7-8-38-4)23-14-30-24-15-31-29(34-27(23)24)32-16-35(2)3/h5-6,10-16,18,30H,7-9,17H2,1-4H3. The number of nitrogens with zero attached hydrogens (tertiary/aromatic N) is 6. The van der Waals surface area contributed by atoms with Gasteiger partial charge in [0.2, 0.25) is 0 Å². The Hall–Kier alpha value is -3.47. The fourth-order valence-corrected chi connectivity index (χ4v) is 6.42. The van der Waals surface area contributed by atoms with Crippen molar-refractivity contribution in [2.75, 3.05) is 32.7 Å². The minimum Gasteiger partial charge on any atom is -0.369 e. The van der Waals surface area contributed by atoms with Crippen LogP contribution >= 0.6 is 23.1 Å². The fraction of sp³-hybridized carbons (Fsp3) is 0.310. The highest BCUT2D eigenvalue weighted by molar-refractivity contribution is 7.98. The minimum atomic E-state index is 0.423. The number of thiophene rings is 1. The van der Waals surface area contributed by atoms with E-state index in [2.05, 4.69) is 58.5 Å². The van der Waals surface area contributed by atoms with Gasteiger partial charge in [-0.05, 0) is 47.9 Å². The van der Waals surface area contributed by atoms with Gasteiger partial charge in [0.15, 0.2) is 0 Å². The number of thioether (sulfide) groups is 1. The van der Waals surface area contributed by atoms with E-state index in [1.165, 1.54) is 15.3 Å². The number of hydrogen-bond donors (Lipinski definition) is 1. The molecule has 4 heterocycles. The van der Waals surface area contributed by atoms with Crippen LogP contribution in [0.5, 0.6) is 0 Å². The zero-order valence-electron chi connectivity index (χ0n) is 22.5. The van der Waals surface area contributed by atoms with Crippen LogP contribution in [0.1, 0.15) is 17.4 Å². The van der Waals surface area contributed by atoms with Crippen molar-refractivity contribution in [2.45, 2.75) is 20.1 Å². The van der Waals surface area contributed by atoms with E-state index in [0.717, 1.165) is 50.8 Å². The summed E-state index contributed by atoms with van der Waals surface area (Å²) < 4.78 is 7.94. The summed E-state index contributed by atoms with van der Waals surface area (Å²) in [5.41, 5.74) is 7.36. The maximum atomic E-state index is 5.96. The molecular weight excluding hydrogens is 527 g/mol. The predicted octanol–water partition coefficient (Wildman–Crippen LogP) is 6.47. The number of hydrogen-bond acceptors (Lipinski definition) is 7. The van der Waals surface area contributed by atoms with Crippen LogP contribution in [0.3, 0.4) is 0 Å². The molecule has 200 valence electrons. The molecule has 0 fully saturated rings. The van der Waals surface area contributed by atoms with E-state index in [1.807, 2.05) is 47.4 Å². The average molecular weight is 558 g/mol. The summed E-state index contributed by atoms with van der Waals surface area (Å²) in [6.45, 7) is 3.39. The molecule has 0 spiro atoms. The first kappa shape index (κ1) is 25.8. The van der Waals surface area contributed by atoms with Crippen LogP contribution in [0.15, 0.2) is 47.9 Å². The first-order chi connectivity index (χ1) is 19.0. The molecule has 39 heavy (non-hydrogen) atoms. The summed E-state index contributed by atoms with van der Waals surface area (Å²) >= 11 is 3.66. The van der Waals surface area contributed by atoms with Gasteiger partial charge >= 0.3 is 0 Å². The van der Waals surface area contributed by atoms with Gasteiger partial charge in [-0.1, -0.05) is 19.1 Å². The average Bonchev–Trinajstić information content (AvgIpc) is 3.65. The van der Waals surface area contributed by atoms with E-state index in [9.17, 15) is 0 Å². The molecule has 1 aliphatic carbocycles. The van der Waals surface area contributed by atoms with Crippen molar-refractivity contribution in [3.63, 3.8) is 0 Å². The van der Waals surface area contributed by atoms with Gasteiger partial charge in [-0.2, -0.15) is 16.9 Å². The Balaban J connectivity index is 1.48. The molecule has 5 aromatic rings. The maximum Gasteiger partial charge on any atom is 0.251 e. The second-order valence-electron chi connectivity index (χ2n) is 10.0. The summed E-state index contributed by atoms with van der Waals surface area (Å²) in [5.74, 6) is 1.95. The highest BCUT2D eigenvalue weighted by Crippen LogP contribution is 2.42. The highest BCUT2D eigenvalue weighted by atomic mass is 32.2. The normalized spacial score (nSPS) is 15.1. The molecule has 1 unspecified atom stereocenters. The molecule has 4 aromatic heterocycles. The number of benzene rings is 1. The van der Waals surface area contributed by atoms with E-state index < -0.39 is 0 Å². The lowest BCUT2D eigenvalue weighted by Gasteiger charge is -2.11. The summed E-state index contributed by atoms with van der Waals surface area (Å²) in [6.07, 6.45) is 15.2. The van der Waals surface area contributed by atoms with Gasteiger partial charge in [-0.25, -0.2) is 19.6 Å². The molecule has 0 radical (unpaired) electrons. The SMILES string of the molecule is CSCCOCn1ncc2cc(-c3c[nH]c4cnc(N=CN(C)C)nc34)cc(-c3cc4c(s3)CC(C)C=C4)c21.